The normalized spacial score (nSPS) is 13.0. The van der Waals surface area contributed by atoms with Gasteiger partial charge >= 0.3 is 0 Å². The molecule has 4 aromatic rings. The standard InChI is InChI=1S/C22H22N6/c1-2-16-10-11-18(23-13-16)22-21(17-7-4-3-5-8-17)24-15-27(22)14-20-26-25-19-9-6-12-28(19)20/h3-5,7-8,10-11,13,15H,2,6,9,12,14H2,1H3. The molecule has 0 radical (unpaired) electrons. The van der Waals surface area contributed by atoms with E-state index >= 15 is 0 Å². The quantitative estimate of drug-likeness (QED) is 0.537. The predicted octanol–water partition coefficient (Wildman–Crippen LogP) is 3.76. The molecule has 0 saturated heterocycles. The Labute approximate surface area is 163 Å². The average Bonchev–Trinajstić information content (AvgIpc) is 3.46. The van der Waals surface area contributed by atoms with E-state index in [4.69, 9.17) is 9.97 Å². The maximum absolute atomic E-state index is 4.74. The van der Waals surface area contributed by atoms with Gasteiger partial charge in [-0.25, -0.2) is 4.98 Å². The molecule has 0 fully saturated rings. The molecular weight excluding hydrogens is 348 g/mol. The Bertz CT molecular complexity index is 1090. The second-order valence-corrected chi connectivity index (χ2v) is 7.13. The van der Waals surface area contributed by atoms with E-state index in [0.717, 1.165) is 60.1 Å². The topological polar surface area (TPSA) is 61.4 Å². The van der Waals surface area contributed by atoms with E-state index in [9.17, 15) is 0 Å². The summed E-state index contributed by atoms with van der Waals surface area (Å²) < 4.78 is 4.38. The molecule has 6 nitrogen and oxygen atoms in total. The molecule has 1 aromatic carbocycles. The summed E-state index contributed by atoms with van der Waals surface area (Å²) in [5, 5.41) is 8.77. The molecule has 4 heterocycles. The van der Waals surface area contributed by atoms with Gasteiger partial charge < -0.3 is 9.13 Å². The van der Waals surface area contributed by atoms with Gasteiger partial charge in [0.25, 0.3) is 0 Å². The van der Waals surface area contributed by atoms with E-state index in [0.29, 0.717) is 6.54 Å². The minimum atomic E-state index is 0.638. The highest BCUT2D eigenvalue weighted by atomic mass is 15.3. The number of pyridine rings is 1. The number of fused-ring (bicyclic) bond motifs is 1. The maximum atomic E-state index is 4.74. The first-order valence-electron chi connectivity index (χ1n) is 9.80. The van der Waals surface area contributed by atoms with Crippen LogP contribution in [0.2, 0.25) is 0 Å². The molecule has 0 amide bonds. The summed E-state index contributed by atoms with van der Waals surface area (Å²) >= 11 is 0. The van der Waals surface area contributed by atoms with Crippen molar-refractivity contribution in [3.05, 3.63) is 72.2 Å². The molecule has 6 heteroatoms. The van der Waals surface area contributed by atoms with Gasteiger partial charge in [0, 0.05) is 24.7 Å². The smallest absolute Gasteiger partial charge is 0.153 e. The monoisotopic (exact) mass is 370 g/mol. The Morgan fingerprint density at radius 1 is 1.00 bits per heavy atom. The van der Waals surface area contributed by atoms with E-state index < -0.39 is 0 Å². The van der Waals surface area contributed by atoms with Crippen LogP contribution in [-0.4, -0.2) is 29.3 Å². The van der Waals surface area contributed by atoms with Gasteiger partial charge in [-0.1, -0.05) is 43.3 Å². The molecule has 0 spiro atoms. The van der Waals surface area contributed by atoms with Crippen molar-refractivity contribution in [2.24, 2.45) is 0 Å². The van der Waals surface area contributed by atoms with Gasteiger partial charge in [-0.15, -0.1) is 10.2 Å². The molecular formula is C22H22N6. The van der Waals surface area contributed by atoms with Gasteiger partial charge in [-0.2, -0.15) is 0 Å². The molecule has 0 unspecified atom stereocenters. The third-order valence-corrected chi connectivity index (χ3v) is 5.36. The summed E-state index contributed by atoms with van der Waals surface area (Å²) in [7, 11) is 0. The van der Waals surface area contributed by atoms with Crippen LogP contribution in [0.25, 0.3) is 22.6 Å². The number of aromatic nitrogens is 6. The second kappa shape index (κ2) is 7.03. The van der Waals surface area contributed by atoms with E-state index in [2.05, 4.69) is 50.5 Å². The van der Waals surface area contributed by atoms with E-state index in [1.165, 1.54) is 5.56 Å². The minimum Gasteiger partial charge on any atom is -0.321 e. The van der Waals surface area contributed by atoms with Crippen molar-refractivity contribution in [1.82, 2.24) is 29.3 Å². The maximum Gasteiger partial charge on any atom is 0.153 e. The number of hydrogen-bond donors (Lipinski definition) is 0. The molecule has 0 bridgehead atoms. The zero-order valence-corrected chi connectivity index (χ0v) is 15.9. The van der Waals surface area contributed by atoms with Crippen molar-refractivity contribution in [3.8, 4) is 22.6 Å². The molecule has 1 aliphatic heterocycles. The fraction of sp³-hybridized carbons (Fsp3) is 0.273. The Kier molecular flexibility index (Phi) is 4.24. The van der Waals surface area contributed by atoms with Crippen LogP contribution in [0.15, 0.2) is 55.0 Å². The molecule has 0 atom stereocenters. The lowest BCUT2D eigenvalue weighted by Crippen LogP contribution is -2.08. The fourth-order valence-electron chi connectivity index (χ4n) is 3.83. The molecule has 5 rings (SSSR count). The van der Waals surface area contributed by atoms with Crippen LogP contribution in [0.4, 0.5) is 0 Å². The van der Waals surface area contributed by atoms with E-state index in [-0.39, 0.29) is 0 Å². The van der Waals surface area contributed by atoms with Crippen LogP contribution in [-0.2, 0) is 25.9 Å². The number of aryl methyl sites for hydroxylation is 2. The molecule has 3 aromatic heterocycles. The van der Waals surface area contributed by atoms with Gasteiger partial charge in [0.15, 0.2) is 5.82 Å². The molecule has 0 N–H and O–H groups in total. The van der Waals surface area contributed by atoms with Crippen molar-refractivity contribution < 1.29 is 0 Å². The number of benzene rings is 1. The van der Waals surface area contributed by atoms with E-state index in [1.807, 2.05) is 30.7 Å². The van der Waals surface area contributed by atoms with E-state index in [1.54, 1.807) is 0 Å². The lowest BCUT2D eigenvalue weighted by molar-refractivity contribution is 0.647. The summed E-state index contributed by atoms with van der Waals surface area (Å²) in [5.41, 5.74) is 5.20. The summed E-state index contributed by atoms with van der Waals surface area (Å²) in [6, 6.07) is 14.5. The summed E-state index contributed by atoms with van der Waals surface area (Å²) in [6.45, 7) is 3.78. The highest BCUT2D eigenvalue weighted by Gasteiger charge is 2.21. The lowest BCUT2D eigenvalue weighted by atomic mass is 10.1. The first kappa shape index (κ1) is 16.9. The van der Waals surface area contributed by atoms with Crippen LogP contribution in [0.1, 0.15) is 30.6 Å². The number of rotatable bonds is 5. The Balaban J connectivity index is 1.61. The lowest BCUT2D eigenvalue weighted by Gasteiger charge is -2.11. The number of nitrogens with zero attached hydrogens (tertiary/aromatic N) is 6. The van der Waals surface area contributed by atoms with Crippen molar-refractivity contribution in [2.45, 2.75) is 39.3 Å². The van der Waals surface area contributed by atoms with Gasteiger partial charge in [-0.05, 0) is 24.5 Å². The number of hydrogen-bond acceptors (Lipinski definition) is 4. The van der Waals surface area contributed by atoms with Crippen molar-refractivity contribution in [1.29, 1.82) is 0 Å². The third kappa shape index (κ3) is 2.91. The Morgan fingerprint density at radius 2 is 1.89 bits per heavy atom. The summed E-state index contributed by atoms with van der Waals surface area (Å²) in [5.74, 6) is 2.07. The molecule has 28 heavy (non-hydrogen) atoms. The third-order valence-electron chi connectivity index (χ3n) is 5.36. The van der Waals surface area contributed by atoms with Crippen molar-refractivity contribution in [2.75, 3.05) is 0 Å². The van der Waals surface area contributed by atoms with Crippen LogP contribution in [0.5, 0.6) is 0 Å². The van der Waals surface area contributed by atoms with Gasteiger partial charge in [0.1, 0.15) is 5.82 Å². The van der Waals surface area contributed by atoms with Gasteiger partial charge in [-0.3, -0.25) is 4.98 Å². The highest BCUT2D eigenvalue weighted by molar-refractivity contribution is 5.76. The van der Waals surface area contributed by atoms with Crippen molar-refractivity contribution in [3.63, 3.8) is 0 Å². The molecule has 0 saturated carbocycles. The summed E-state index contributed by atoms with van der Waals surface area (Å²) in [4.78, 5) is 9.48. The summed E-state index contributed by atoms with van der Waals surface area (Å²) in [6.07, 6.45) is 6.98. The average molecular weight is 370 g/mol. The largest absolute Gasteiger partial charge is 0.321 e. The van der Waals surface area contributed by atoms with Gasteiger partial charge in [0.2, 0.25) is 0 Å². The van der Waals surface area contributed by atoms with Crippen LogP contribution >= 0.6 is 0 Å². The second-order valence-electron chi connectivity index (χ2n) is 7.13. The molecule has 1 aliphatic rings. The van der Waals surface area contributed by atoms with Crippen LogP contribution in [0, 0.1) is 0 Å². The van der Waals surface area contributed by atoms with Crippen LogP contribution in [0.3, 0.4) is 0 Å². The zero-order chi connectivity index (χ0) is 18.9. The highest BCUT2D eigenvalue weighted by Crippen LogP contribution is 2.31. The Morgan fingerprint density at radius 3 is 2.68 bits per heavy atom. The SMILES string of the molecule is CCc1ccc(-c2c(-c3ccccc3)ncn2Cc2nnc3n2CCC3)nc1. The minimum absolute atomic E-state index is 0.638. The van der Waals surface area contributed by atoms with Gasteiger partial charge in [0.05, 0.1) is 30.0 Å². The predicted molar refractivity (Wildman–Crippen MR) is 108 cm³/mol. The first-order chi connectivity index (χ1) is 13.8. The fourth-order valence-corrected chi connectivity index (χ4v) is 3.83. The van der Waals surface area contributed by atoms with Crippen LogP contribution < -0.4 is 0 Å². The molecule has 140 valence electrons. The first-order valence-corrected chi connectivity index (χ1v) is 9.80. The number of imidazole rings is 1. The van der Waals surface area contributed by atoms with Crippen molar-refractivity contribution >= 4 is 0 Å². The Hall–Kier alpha value is -3.28. The molecule has 0 aliphatic carbocycles. The zero-order valence-electron chi connectivity index (χ0n) is 15.9.